The molecule has 0 bridgehead atoms. The van der Waals surface area contributed by atoms with Gasteiger partial charge in [-0.25, -0.2) is 18.2 Å². The zero-order valence-corrected chi connectivity index (χ0v) is 13.5. The summed E-state index contributed by atoms with van der Waals surface area (Å²) in [5.74, 6) is -2.46. The lowest BCUT2D eigenvalue weighted by atomic mass is 9.81. The van der Waals surface area contributed by atoms with Gasteiger partial charge in [0.05, 0.1) is 7.11 Å². The number of hydrogen-bond donors (Lipinski definition) is 2. The molecule has 0 fully saturated rings. The van der Waals surface area contributed by atoms with Gasteiger partial charge in [-0.3, -0.25) is 0 Å². The minimum atomic E-state index is -1.69. The van der Waals surface area contributed by atoms with Crippen molar-refractivity contribution in [2.75, 3.05) is 14.2 Å². The minimum Gasteiger partial charge on any atom is -0.494 e. The van der Waals surface area contributed by atoms with E-state index >= 15 is 0 Å². The Morgan fingerprint density at radius 2 is 1.76 bits per heavy atom. The molecule has 0 saturated carbocycles. The second-order valence-electron chi connectivity index (χ2n) is 5.73. The van der Waals surface area contributed by atoms with E-state index in [9.17, 15) is 18.3 Å². The Morgan fingerprint density at radius 3 is 2.24 bits per heavy atom. The molecule has 0 aromatic heterocycles. The molecule has 2 aromatic rings. The molecule has 1 aliphatic rings. The summed E-state index contributed by atoms with van der Waals surface area (Å²) in [6.07, 6.45) is -1.39. The Bertz CT molecular complexity index is 839. The first-order valence-corrected chi connectivity index (χ1v) is 7.36. The van der Waals surface area contributed by atoms with Crippen LogP contribution in [0.2, 0.25) is 0 Å². The molecule has 25 heavy (non-hydrogen) atoms. The zero-order chi connectivity index (χ0) is 18.4. The molecule has 2 atom stereocenters. The summed E-state index contributed by atoms with van der Waals surface area (Å²) in [4.78, 5) is 5.47. The van der Waals surface area contributed by atoms with Gasteiger partial charge in [0, 0.05) is 13.1 Å². The van der Waals surface area contributed by atoms with Crippen molar-refractivity contribution in [1.82, 2.24) is 4.90 Å². The maximum Gasteiger partial charge on any atom is 0.194 e. The number of hydrogen-bond acceptors (Lipinski definition) is 5. The Morgan fingerprint density at radius 1 is 1.12 bits per heavy atom. The van der Waals surface area contributed by atoms with Crippen LogP contribution in [-0.4, -0.2) is 36.4 Å². The van der Waals surface area contributed by atoms with Gasteiger partial charge in [0.2, 0.25) is 0 Å². The smallest absolute Gasteiger partial charge is 0.194 e. The maximum absolute atomic E-state index is 14.2. The molecule has 0 radical (unpaired) electrons. The van der Waals surface area contributed by atoms with E-state index in [1.807, 2.05) is 0 Å². The van der Waals surface area contributed by atoms with E-state index < -0.39 is 29.2 Å². The van der Waals surface area contributed by atoms with E-state index in [4.69, 9.17) is 10.5 Å². The van der Waals surface area contributed by atoms with Crippen LogP contribution in [0.5, 0.6) is 5.75 Å². The molecule has 132 valence electrons. The molecular formula is C17H16F3N3O2. The van der Waals surface area contributed by atoms with Gasteiger partial charge in [0.1, 0.15) is 11.6 Å². The zero-order valence-electron chi connectivity index (χ0n) is 13.5. The highest BCUT2D eigenvalue weighted by Gasteiger charge is 2.49. The van der Waals surface area contributed by atoms with E-state index in [0.29, 0.717) is 6.07 Å². The molecule has 2 aromatic carbocycles. The number of methoxy groups -OCH3 is 1. The van der Waals surface area contributed by atoms with Crippen LogP contribution in [0.1, 0.15) is 11.1 Å². The Labute approximate surface area is 142 Å². The summed E-state index contributed by atoms with van der Waals surface area (Å²) >= 11 is 0. The summed E-state index contributed by atoms with van der Waals surface area (Å²) in [6.45, 7) is 0. The number of ether oxygens (including phenoxy) is 1. The van der Waals surface area contributed by atoms with Crippen LogP contribution in [0.15, 0.2) is 41.4 Å². The highest BCUT2D eigenvalue weighted by atomic mass is 19.1. The lowest BCUT2D eigenvalue weighted by molar-refractivity contribution is 0.0308. The number of halogens is 3. The van der Waals surface area contributed by atoms with E-state index in [1.54, 1.807) is 0 Å². The van der Waals surface area contributed by atoms with Crippen LogP contribution in [0, 0.1) is 17.5 Å². The van der Waals surface area contributed by atoms with Crippen LogP contribution in [0.25, 0.3) is 0 Å². The molecule has 2 unspecified atom stereocenters. The summed E-state index contributed by atoms with van der Waals surface area (Å²) in [5, 5.41) is 10.7. The van der Waals surface area contributed by atoms with Crippen molar-refractivity contribution in [2.24, 2.45) is 10.7 Å². The van der Waals surface area contributed by atoms with Gasteiger partial charge < -0.3 is 20.5 Å². The van der Waals surface area contributed by atoms with Crippen LogP contribution in [0.4, 0.5) is 13.2 Å². The molecule has 0 saturated heterocycles. The maximum atomic E-state index is 14.2. The number of nitrogens with zero attached hydrogens (tertiary/aromatic N) is 2. The predicted octanol–water partition coefficient (Wildman–Crippen LogP) is 1.93. The average molecular weight is 351 g/mol. The van der Waals surface area contributed by atoms with Gasteiger partial charge in [-0.05, 0) is 35.4 Å². The predicted molar refractivity (Wildman–Crippen MR) is 85.5 cm³/mol. The highest BCUT2D eigenvalue weighted by molar-refractivity contribution is 5.82. The van der Waals surface area contributed by atoms with Crippen LogP contribution in [0.3, 0.4) is 0 Å². The molecule has 0 aliphatic carbocycles. The van der Waals surface area contributed by atoms with Crippen molar-refractivity contribution in [3.05, 3.63) is 65.0 Å². The first kappa shape index (κ1) is 17.1. The van der Waals surface area contributed by atoms with Crippen molar-refractivity contribution < 1.29 is 23.0 Å². The number of aliphatic hydroxyl groups is 1. The van der Waals surface area contributed by atoms with Crippen molar-refractivity contribution in [3.8, 4) is 5.75 Å². The number of nitrogens with two attached hydrogens (primary N) is 1. The normalized spacial score (nSPS) is 22.9. The topological polar surface area (TPSA) is 71.1 Å². The molecule has 0 spiro atoms. The lowest BCUT2D eigenvalue weighted by Gasteiger charge is -2.33. The average Bonchev–Trinajstić information content (AvgIpc) is 2.79. The lowest BCUT2D eigenvalue weighted by Crippen LogP contribution is -2.45. The third kappa shape index (κ3) is 2.58. The second kappa shape index (κ2) is 5.96. The Kier molecular flexibility index (Phi) is 4.08. The molecule has 8 heteroatoms. The third-order valence-corrected chi connectivity index (χ3v) is 4.29. The fourth-order valence-electron chi connectivity index (χ4n) is 2.99. The number of rotatable bonds is 3. The van der Waals surface area contributed by atoms with Crippen LogP contribution >= 0.6 is 0 Å². The fraction of sp³-hybridized carbons (Fsp3) is 0.235. The molecule has 1 heterocycles. The largest absolute Gasteiger partial charge is 0.494 e. The third-order valence-electron chi connectivity index (χ3n) is 4.29. The molecule has 0 amide bonds. The number of aliphatic hydroxyl groups excluding tert-OH is 1. The van der Waals surface area contributed by atoms with Gasteiger partial charge in [-0.1, -0.05) is 6.07 Å². The first-order valence-electron chi connectivity index (χ1n) is 7.36. The van der Waals surface area contributed by atoms with Gasteiger partial charge >= 0.3 is 0 Å². The van der Waals surface area contributed by atoms with E-state index in [2.05, 4.69) is 4.99 Å². The summed E-state index contributed by atoms with van der Waals surface area (Å²) < 4.78 is 46.7. The van der Waals surface area contributed by atoms with E-state index in [-0.39, 0.29) is 22.8 Å². The minimum absolute atomic E-state index is 0.00867. The summed E-state index contributed by atoms with van der Waals surface area (Å²) in [7, 11) is 2.78. The van der Waals surface area contributed by atoms with Crippen molar-refractivity contribution in [2.45, 2.75) is 11.8 Å². The Hall–Kier alpha value is -2.74. The van der Waals surface area contributed by atoms with Gasteiger partial charge in [-0.15, -0.1) is 0 Å². The number of benzene rings is 2. The van der Waals surface area contributed by atoms with Crippen molar-refractivity contribution in [1.29, 1.82) is 0 Å². The van der Waals surface area contributed by atoms with Gasteiger partial charge in [0.15, 0.2) is 29.3 Å². The number of aliphatic imine (C=N–C) groups is 1. The van der Waals surface area contributed by atoms with E-state index in [1.165, 1.54) is 31.2 Å². The van der Waals surface area contributed by atoms with Crippen molar-refractivity contribution in [3.63, 3.8) is 0 Å². The van der Waals surface area contributed by atoms with Gasteiger partial charge in [0.25, 0.3) is 0 Å². The Balaban J connectivity index is 2.29. The standard InChI is InChI=1S/C17H16F3N3O2/c1-23-15(24)17(22-16(23)21,10-5-11(18)8-12(19)6-10)9-3-4-14(25-2)13(20)7-9/h3-8,15,24H,1-2H3,(H2,21,22). The monoisotopic (exact) mass is 351 g/mol. The molecule has 1 aliphatic heterocycles. The molecule has 3 rings (SSSR count). The van der Waals surface area contributed by atoms with Crippen LogP contribution in [-0.2, 0) is 5.54 Å². The molecule has 5 nitrogen and oxygen atoms in total. The molecular weight excluding hydrogens is 335 g/mol. The summed E-state index contributed by atoms with van der Waals surface area (Å²) in [5.41, 5.74) is 4.30. The number of likely N-dealkylation sites (N-methyl/N-ethyl adjacent to an activating group) is 1. The quantitative estimate of drug-likeness (QED) is 0.887. The van der Waals surface area contributed by atoms with Crippen molar-refractivity contribution >= 4 is 5.96 Å². The fourth-order valence-corrected chi connectivity index (χ4v) is 2.99. The number of guanidine groups is 1. The SMILES string of the molecule is COc1ccc(C2(c3cc(F)cc(F)c3)N=C(N)N(C)C2O)cc1F. The van der Waals surface area contributed by atoms with E-state index in [0.717, 1.165) is 18.2 Å². The highest BCUT2D eigenvalue weighted by Crippen LogP contribution is 2.43. The van der Waals surface area contributed by atoms with Gasteiger partial charge in [-0.2, -0.15) is 0 Å². The second-order valence-corrected chi connectivity index (χ2v) is 5.73. The van der Waals surface area contributed by atoms with Crippen LogP contribution < -0.4 is 10.5 Å². The molecule has 3 N–H and O–H groups in total. The summed E-state index contributed by atoms with van der Waals surface area (Å²) in [6, 6.07) is 6.67. The first-order chi connectivity index (χ1) is 11.8.